The van der Waals surface area contributed by atoms with Gasteiger partial charge in [0.1, 0.15) is 11.8 Å². The number of likely N-dealkylation sites (N-methyl/N-ethyl adjacent to an activating group) is 1. The van der Waals surface area contributed by atoms with Gasteiger partial charge < -0.3 is 20.1 Å². The molecule has 1 aromatic heterocycles. The summed E-state index contributed by atoms with van der Waals surface area (Å²) in [5.74, 6) is -1.14. The van der Waals surface area contributed by atoms with Gasteiger partial charge in [-0.1, -0.05) is 114 Å². The van der Waals surface area contributed by atoms with Crippen molar-refractivity contribution in [3.63, 3.8) is 0 Å². The number of hydrogen-bond acceptors (Lipinski definition) is 7. The van der Waals surface area contributed by atoms with Gasteiger partial charge in [0.15, 0.2) is 11.6 Å². The lowest BCUT2D eigenvalue weighted by molar-refractivity contribution is -0.142. The van der Waals surface area contributed by atoms with Crippen LogP contribution >= 0.6 is 0 Å². The van der Waals surface area contributed by atoms with Gasteiger partial charge >= 0.3 is 5.97 Å². The Morgan fingerprint density at radius 2 is 1.42 bits per heavy atom. The van der Waals surface area contributed by atoms with Crippen LogP contribution in [0.4, 0.5) is 0 Å². The molecule has 4 rings (SSSR count). The van der Waals surface area contributed by atoms with Crippen molar-refractivity contribution >= 4 is 17.7 Å². The number of aromatic nitrogens is 2. The van der Waals surface area contributed by atoms with Crippen LogP contribution in [0.5, 0.6) is 5.75 Å². The zero-order valence-electron chi connectivity index (χ0n) is 31.5. The second-order valence-corrected chi connectivity index (χ2v) is 14.8. The molecule has 2 N–H and O–H groups in total. The maximum absolute atomic E-state index is 13.6. The third kappa shape index (κ3) is 12.1. The number of benzene rings is 3. The fourth-order valence-corrected chi connectivity index (χ4v) is 5.94. The summed E-state index contributed by atoms with van der Waals surface area (Å²) in [5, 5.41) is 12.4. The lowest BCUT2D eigenvalue weighted by Crippen LogP contribution is -2.49. The Bertz CT molecular complexity index is 1730. The van der Waals surface area contributed by atoms with Crippen molar-refractivity contribution in [1.29, 1.82) is 0 Å². The molecule has 0 aliphatic carbocycles. The van der Waals surface area contributed by atoms with Gasteiger partial charge in [0.2, 0.25) is 5.91 Å². The third-order valence-corrected chi connectivity index (χ3v) is 9.09. The molecule has 0 saturated carbocycles. The lowest BCUT2D eigenvalue weighted by atomic mass is 9.85. The number of carbonyl (C=O) groups excluding carboxylic acids is 2. The first-order valence-electron chi connectivity index (χ1n) is 18.3. The van der Waals surface area contributed by atoms with Gasteiger partial charge in [0, 0.05) is 48.0 Å². The Morgan fingerprint density at radius 3 is 2.00 bits per heavy atom. The predicted octanol–water partition coefficient (Wildman–Crippen LogP) is 8.02. The normalized spacial score (nSPS) is 12.7. The fourth-order valence-electron chi connectivity index (χ4n) is 5.94. The molecule has 1 unspecified atom stereocenters. The summed E-state index contributed by atoms with van der Waals surface area (Å²) in [4.78, 5) is 49.9. The van der Waals surface area contributed by atoms with Crippen LogP contribution in [-0.4, -0.2) is 70.9 Å². The second kappa shape index (κ2) is 19.1. The third-order valence-electron chi connectivity index (χ3n) is 9.09. The molecule has 0 radical (unpaired) electrons. The van der Waals surface area contributed by atoms with E-state index in [0.29, 0.717) is 11.4 Å². The van der Waals surface area contributed by atoms with Gasteiger partial charge in [0.05, 0.1) is 6.61 Å². The topological polar surface area (TPSA) is 122 Å². The van der Waals surface area contributed by atoms with Crippen molar-refractivity contribution in [2.45, 2.75) is 84.1 Å². The highest BCUT2D eigenvalue weighted by Gasteiger charge is 2.28. The lowest BCUT2D eigenvalue weighted by Gasteiger charge is -2.23. The number of unbranched alkanes of at least 4 members (excludes halogenated alkanes) is 4. The van der Waals surface area contributed by atoms with Crippen LogP contribution in [0.15, 0.2) is 85.2 Å². The second-order valence-electron chi connectivity index (χ2n) is 14.8. The van der Waals surface area contributed by atoms with Gasteiger partial charge in [-0.05, 0) is 61.2 Å². The van der Waals surface area contributed by atoms with E-state index in [1.54, 1.807) is 43.5 Å². The minimum absolute atomic E-state index is 0.0593. The molecule has 0 fully saturated rings. The number of nitrogens with one attached hydrogen (secondary N) is 1. The Hall–Kier alpha value is -4.89. The van der Waals surface area contributed by atoms with Crippen molar-refractivity contribution in [3.8, 4) is 28.3 Å². The number of carbonyl (C=O) groups is 3. The minimum Gasteiger partial charge on any atom is -0.494 e. The molecule has 9 heteroatoms. The van der Waals surface area contributed by atoms with E-state index in [0.717, 1.165) is 46.6 Å². The molecule has 52 heavy (non-hydrogen) atoms. The largest absolute Gasteiger partial charge is 0.494 e. The molecular weight excluding hydrogens is 652 g/mol. The van der Waals surface area contributed by atoms with Gasteiger partial charge in [-0.15, -0.1) is 0 Å². The summed E-state index contributed by atoms with van der Waals surface area (Å²) in [6, 6.07) is 21.9. The monoisotopic (exact) mass is 706 g/mol. The van der Waals surface area contributed by atoms with Gasteiger partial charge in [0.25, 0.3) is 0 Å². The maximum atomic E-state index is 13.6. The van der Waals surface area contributed by atoms with Gasteiger partial charge in [-0.25, -0.2) is 14.8 Å². The van der Waals surface area contributed by atoms with Gasteiger partial charge in [-0.2, -0.15) is 0 Å². The first kappa shape index (κ1) is 39.9. The van der Waals surface area contributed by atoms with E-state index < -0.39 is 23.8 Å². The van der Waals surface area contributed by atoms with Crippen LogP contribution in [0.2, 0.25) is 0 Å². The molecule has 276 valence electrons. The molecule has 0 bridgehead atoms. The fraction of sp³-hybridized carbons (Fsp3) is 0.419. The Balaban J connectivity index is 1.43. The summed E-state index contributed by atoms with van der Waals surface area (Å²) in [6.07, 6.45) is 9.80. The van der Waals surface area contributed by atoms with E-state index in [1.165, 1.54) is 25.7 Å². The van der Waals surface area contributed by atoms with Crippen molar-refractivity contribution in [2.75, 3.05) is 27.2 Å². The average Bonchev–Trinajstić information content (AvgIpc) is 3.12. The number of Topliss-reactive ketones (excluding diaryl/α,β-unsaturated/α-hetero) is 1. The molecular formula is C43H54N4O5. The zero-order valence-corrected chi connectivity index (χ0v) is 31.5. The molecule has 0 aliphatic heterocycles. The molecule has 1 heterocycles. The van der Waals surface area contributed by atoms with Crippen molar-refractivity contribution in [2.24, 2.45) is 5.92 Å². The number of nitrogens with zero attached hydrogens (tertiary/aromatic N) is 3. The van der Waals surface area contributed by atoms with Gasteiger partial charge in [-0.3, -0.25) is 9.59 Å². The smallest absolute Gasteiger partial charge is 0.327 e. The molecule has 4 aromatic rings. The molecule has 3 aromatic carbocycles. The maximum Gasteiger partial charge on any atom is 0.327 e. The number of rotatable bonds is 19. The van der Waals surface area contributed by atoms with Crippen LogP contribution in [0.25, 0.3) is 22.5 Å². The van der Waals surface area contributed by atoms with E-state index in [-0.39, 0.29) is 30.6 Å². The van der Waals surface area contributed by atoms with E-state index >= 15 is 0 Å². The van der Waals surface area contributed by atoms with Crippen molar-refractivity contribution in [3.05, 3.63) is 102 Å². The molecule has 0 aliphatic rings. The molecule has 0 saturated heterocycles. The summed E-state index contributed by atoms with van der Waals surface area (Å²) in [5.41, 5.74) is 5.10. The highest BCUT2D eigenvalue weighted by molar-refractivity contribution is 5.99. The number of ether oxygens (including phenoxy) is 1. The predicted molar refractivity (Wildman–Crippen MR) is 207 cm³/mol. The standard InChI is InChI=1S/C43H54N4O5/c1-7-8-9-10-11-24-52-37-22-18-31(19-23-37)35-27-44-40(45-28-35)33-14-12-30(13-15-33)25-34(41(49)46-38(42(50)51)29-47(5)6)26-39(48)32-16-20-36(21-17-32)43(2,3)4/h12-23,27-28,34,38H,7-11,24-26,29H2,1-6H3,(H,46,49)(H,50,51)/t34-,38?/m1/s1. The number of ketones is 1. The molecule has 2 atom stereocenters. The number of carboxylic acid groups (broad SMARTS) is 1. The Labute approximate surface area is 308 Å². The SMILES string of the molecule is CCCCCCCOc1ccc(-c2cnc(-c3ccc(C[C@H](CC(=O)c4ccc(C(C)(C)C)cc4)C(=O)NC(CN(C)C)C(=O)O)cc3)nc2)cc1. The average molecular weight is 707 g/mol. The van der Waals surface area contributed by atoms with Crippen molar-refractivity contribution in [1.82, 2.24) is 20.2 Å². The van der Waals surface area contributed by atoms with Crippen LogP contribution < -0.4 is 10.1 Å². The van der Waals surface area contributed by atoms with Crippen LogP contribution in [-0.2, 0) is 21.4 Å². The zero-order chi connectivity index (χ0) is 37.7. The first-order valence-corrected chi connectivity index (χ1v) is 18.3. The number of aliphatic carboxylic acids is 1. The summed E-state index contributed by atoms with van der Waals surface area (Å²) >= 11 is 0. The van der Waals surface area contributed by atoms with E-state index in [9.17, 15) is 19.5 Å². The number of hydrogen-bond donors (Lipinski definition) is 2. The van der Waals surface area contributed by atoms with Crippen LogP contribution in [0.3, 0.4) is 0 Å². The van der Waals surface area contributed by atoms with Crippen LogP contribution in [0.1, 0.15) is 87.7 Å². The highest BCUT2D eigenvalue weighted by Crippen LogP contribution is 2.26. The Kier molecular flexibility index (Phi) is 14.6. The molecule has 9 nitrogen and oxygen atoms in total. The van der Waals surface area contributed by atoms with Crippen LogP contribution in [0, 0.1) is 5.92 Å². The Morgan fingerprint density at radius 1 is 0.808 bits per heavy atom. The van der Waals surface area contributed by atoms with E-state index in [2.05, 4.69) is 43.0 Å². The number of carboxylic acids is 1. The first-order chi connectivity index (χ1) is 24.8. The van der Waals surface area contributed by atoms with E-state index in [1.807, 2.05) is 60.7 Å². The molecule has 1 amide bonds. The van der Waals surface area contributed by atoms with E-state index in [4.69, 9.17) is 4.74 Å². The number of amides is 1. The quantitative estimate of drug-likeness (QED) is 0.0743. The summed E-state index contributed by atoms with van der Waals surface area (Å²) in [6.45, 7) is 9.39. The highest BCUT2D eigenvalue weighted by atomic mass is 16.5. The summed E-state index contributed by atoms with van der Waals surface area (Å²) < 4.78 is 5.90. The summed E-state index contributed by atoms with van der Waals surface area (Å²) in [7, 11) is 3.49. The van der Waals surface area contributed by atoms with Crippen molar-refractivity contribution < 1.29 is 24.2 Å². The minimum atomic E-state index is -1.13. The molecule has 0 spiro atoms.